The minimum Gasteiger partial charge on any atom is -0.481 e. The fourth-order valence-electron chi connectivity index (χ4n) is 1.24. The summed E-state index contributed by atoms with van der Waals surface area (Å²) in [6, 6.07) is 5.10. The van der Waals surface area contributed by atoms with Gasteiger partial charge in [0.15, 0.2) is 0 Å². The predicted octanol–water partition coefficient (Wildman–Crippen LogP) is 3.57. The first-order valence-electron chi connectivity index (χ1n) is 4.17. The molecule has 0 aliphatic heterocycles. The van der Waals surface area contributed by atoms with Crippen molar-refractivity contribution < 1.29 is 9.90 Å². The molecule has 2 nitrogen and oxygen atoms in total. The Labute approximate surface area is 92.5 Å². The number of aliphatic carboxylic acids is 1. The molecule has 0 spiro atoms. The first kappa shape index (κ1) is 11.3. The Balaban J connectivity index is 2.89. The number of carbonyl (C=O) groups is 1. The smallest absolute Gasteiger partial charge is 0.303 e. The normalized spacial score (nSPS) is 12.5. The molecular formula is C10H10Cl2O2. The molecule has 4 heteroatoms. The maximum absolute atomic E-state index is 10.5. The van der Waals surface area contributed by atoms with Crippen LogP contribution in [-0.2, 0) is 4.79 Å². The van der Waals surface area contributed by atoms with E-state index in [-0.39, 0.29) is 12.3 Å². The van der Waals surface area contributed by atoms with E-state index >= 15 is 0 Å². The van der Waals surface area contributed by atoms with Crippen LogP contribution >= 0.6 is 23.2 Å². The van der Waals surface area contributed by atoms with Crippen molar-refractivity contribution >= 4 is 29.2 Å². The number of benzene rings is 1. The molecule has 0 fully saturated rings. The summed E-state index contributed by atoms with van der Waals surface area (Å²) in [6.45, 7) is 1.83. The van der Waals surface area contributed by atoms with E-state index in [0.717, 1.165) is 5.56 Å². The zero-order chi connectivity index (χ0) is 10.7. The monoisotopic (exact) mass is 232 g/mol. The van der Waals surface area contributed by atoms with Gasteiger partial charge < -0.3 is 5.11 Å². The zero-order valence-electron chi connectivity index (χ0n) is 7.63. The lowest BCUT2D eigenvalue weighted by atomic mass is 9.98. The van der Waals surface area contributed by atoms with E-state index in [4.69, 9.17) is 28.3 Å². The third-order valence-corrected chi connectivity index (χ3v) is 2.37. The summed E-state index contributed by atoms with van der Waals surface area (Å²) in [4.78, 5) is 10.5. The highest BCUT2D eigenvalue weighted by Gasteiger charge is 2.11. The summed E-state index contributed by atoms with van der Waals surface area (Å²) in [7, 11) is 0. The fraction of sp³-hybridized carbons (Fsp3) is 0.300. The Morgan fingerprint density at radius 2 is 1.86 bits per heavy atom. The standard InChI is InChI=1S/C10H10Cl2O2/c1-6(2-10(13)14)7-3-8(11)5-9(12)4-7/h3-6H,2H2,1H3,(H,13,14). The van der Waals surface area contributed by atoms with Crippen LogP contribution in [0, 0.1) is 0 Å². The molecule has 1 N–H and O–H groups in total. The van der Waals surface area contributed by atoms with Crippen molar-refractivity contribution in [2.45, 2.75) is 19.3 Å². The molecule has 1 rings (SSSR count). The average molecular weight is 233 g/mol. The van der Waals surface area contributed by atoms with E-state index in [1.807, 2.05) is 6.92 Å². The zero-order valence-corrected chi connectivity index (χ0v) is 9.14. The minimum absolute atomic E-state index is 0.0799. The summed E-state index contributed by atoms with van der Waals surface area (Å²) >= 11 is 11.6. The van der Waals surface area contributed by atoms with Crippen molar-refractivity contribution in [2.24, 2.45) is 0 Å². The molecule has 1 aromatic rings. The Kier molecular flexibility index (Phi) is 3.78. The number of hydrogen-bond donors (Lipinski definition) is 1. The summed E-state index contributed by atoms with van der Waals surface area (Å²) in [5.41, 5.74) is 0.852. The van der Waals surface area contributed by atoms with Gasteiger partial charge in [0.2, 0.25) is 0 Å². The highest BCUT2D eigenvalue weighted by Crippen LogP contribution is 2.26. The van der Waals surface area contributed by atoms with Gasteiger partial charge in [-0.1, -0.05) is 30.1 Å². The van der Waals surface area contributed by atoms with Gasteiger partial charge in [-0.2, -0.15) is 0 Å². The van der Waals surface area contributed by atoms with E-state index < -0.39 is 5.97 Å². The topological polar surface area (TPSA) is 37.3 Å². The van der Waals surface area contributed by atoms with Crippen molar-refractivity contribution in [3.63, 3.8) is 0 Å². The lowest BCUT2D eigenvalue weighted by Crippen LogP contribution is -2.02. The number of carboxylic acids is 1. The van der Waals surface area contributed by atoms with Crippen LogP contribution in [0.4, 0.5) is 0 Å². The van der Waals surface area contributed by atoms with Gasteiger partial charge in [0.1, 0.15) is 0 Å². The molecular weight excluding hydrogens is 223 g/mol. The molecule has 1 unspecified atom stereocenters. The Bertz CT molecular complexity index is 330. The van der Waals surface area contributed by atoms with Gasteiger partial charge in [0.25, 0.3) is 0 Å². The van der Waals surface area contributed by atoms with Gasteiger partial charge in [0.05, 0.1) is 6.42 Å². The number of rotatable bonds is 3. The van der Waals surface area contributed by atoms with Crippen LogP contribution in [0.25, 0.3) is 0 Å². The van der Waals surface area contributed by atoms with Crippen molar-refractivity contribution in [3.05, 3.63) is 33.8 Å². The highest BCUT2D eigenvalue weighted by atomic mass is 35.5. The van der Waals surface area contributed by atoms with Crippen LogP contribution in [0.3, 0.4) is 0 Å². The lowest BCUT2D eigenvalue weighted by molar-refractivity contribution is -0.137. The van der Waals surface area contributed by atoms with Gasteiger partial charge in [-0.25, -0.2) is 0 Å². The molecule has 1 aromatic carbocycles. The van der Waals surface area contributed by atoms with E-state index in [1.54, 1.807) is 18.2 Å². The Morgan fingerprint density at radius 1 is 1.36 bits per heavy atom. The maximum atomic E-state index is 10.5. The van der Waals surface area contributed by atoms with Gasteiger partial charge in [0, 0.05) is 10.0 Å². The maximum Gasteiger partial charge on any atom is 0.303 e. The molecule has 0 radical (unpaired) electrons. The first-order chi connectivity index (χ1) is 6.49. The summed E-state index contributed by atoms with van der Waals surface area (Å²) in [5, 5.41) is 9.68. The van der Waals surface area contributed by atoms with Crippen LogP contribution in [-0.4, -0.2) is 11.1 Å². The third-order valence-electron chi connectivity index (χ3n) is 1.93. The van der Waals surface area contributed by atoms with Crippen molar-refractivity contribution in [2.75, 3.05) is 0 Å². The summed E-state index contributed by atoms with van der Waals surface area (Å²) in [5.74, 6) is -0.905. The molecule has 0 bridgehead atoms. The number of hydrogen-bond acceptors (Lipinski definition) is 1. The van der Waals surface area contributed by atoms with Crippen LogP contribution in [0.1, 0.15) is 24.8 Å². The number of carboxylic acid groups (broad SMARTS) is 1. The van der Waals surface area contributed by atoms with E-state index in [9.17, 15) is 4.79 Å². The molecule has 0 amide bonds. The van der Waals surface area contributed by atoms with Crippen LogP contribution in [0.2, 0.25) is 10.0 Å². The largest absolute Gasteiger partial charge is 0.481 e. The van der Waals surface area contributed by atoms with Crippen molar-refractivity contribution in [1.29, 1.82) is 0 Å². The summed E-state index contributed by atoms with van der Waals surface area (Å²) < 4.78 is 0. The van der Waals surface area contributed by atoms with Crippen molar-refractivity contribution in [3.8, 4) is 0 Å². The SMILES string of the molecule is CC(CC(=O)O)c1cc(Cl)cc(Cl)c1. The second-order valence-electron chi connectivity index (χ2n) is 3.20. The van der Waals surface area contributed by atoms with Gasteiger partial charge in [-0.05, 0) is 29.7 Å². The quantitative estimate of drug-likeness (QED) is 0.866. The van der Waals surface area contributed by atoms with Gasteiger partial charge >= 0.3 is 5.97 Å². The van der Waals surface area contributed by atoms with E-state index in [2.05, 4.69) is 0 Å². The third kappa shape index (κ3) is 3.20. The first-order valence-corrected chi connectivity index (χ1v) is 4.92. The molecule has 0 saturated heterocycles. The van der Waals surface area contributed by atoms with Gasteiger partial charge in [-0.15, -0.1) is 0 Å². The van der Waals surface area contributed by atoms with E-state index in [0.29, 0.717) is 10.0 Å². The molecule has 0 heterocycles. The molecule has 0 aliphatic rings. The second kappa shape index (κ2) is 4.67. The predicted molar refractivity (Wildman–Crippen MR) is 57.1 cm³/mol. The lowest BCUT2D eigenvalue weighted by Gasteiger charge is -2.09. The number of halogens is 2. The van der Waals surface area contributed by atoms with Crippen LogP contribution < -0.4 is 0 Å². The van der Waals surface area contributed by atoms with Crippen molar-refractivity contribution in [1.82, 2.24) is 0 Å². The Morgan fingerprint density at radius 3 is 2.29 bits per heavy atom. The molecule has 0 aromatic heterocycles. The van der Waals surface area contributed by atoms with E-state index in [1.165, 1.54) is 0 Å². The molecule has 14 heavy (non-hydrogen) atoms. The fourth-order valence-corrected chi connectivity index (χ4v) is 1.78. The molecule has 76 valence electrons. The van der Waals surface area contributed by atoms with Gasteiger partial charge in [-0.3, -0.25) is 4.79 Å². The Hall–Kier alpha value is -0.730. The molecule has 0 saturated carbocycles. The minimum atomic E-state index is -0.825. The molecule has 1 atom stereocenters. The highest BCUT2D eigenvalue weighted by molar-refractivity contribution is 6.34. The van der Waals surface area contributed by atoms with Crippen LogP contribution in [0.5, 0.6) is 0 Å². The van der Waals surface area contributed by atoms with Crippen LogP contribution in [0.15, 0.2) is 18.2 Å². The second-order valence-corrected chi connectivity index (χ2v) is 4.07. The molecule has 0 aliphatic carbocycles. The summed E-state index contributed by atoms with van der Waals surface area (Å²) in [6.07, 6.45) is 0.0800. The average Bonchev–Trinajstić information content (AvgIpc) is 2.00.